The monoisotopic (exact) mass is 200 g/mol. The predicted octanol–water partition coefficient (Wildman–Crippen LogP) is 0.233. The number of carbonyl (C=O) groups is 1. The van der Waals surface area contributed by atoms with Crippen LogP contribution in [-0.2, 0) is 9.53 Å². The van der Waals surface area contributed by atoms with Gasteiger partial charge in [0.15, 0.2) is 0 Å². The molecule has 1 rings (SSSR count). The molecule has 1 aliphatic heterocycles. The molecule has 0 spiro atoms. The van der Waals surface area contributed by atoms with Crippen LogP contribution >= 0.6 is 0 Å². The van der Waals surface area contributed by atoms with Crippen molar-refractivity contribution in [3.05, 3.63) is 0 Å². The van der Waals surface area contributed by atoms with Crippen LogP contribution in [0.1, 0.15) is 20.3 Å². The number of ether oxygens (including phenoxy) is 1. The molecule has 0 bridgehead atoms. The van der Waals surface area contributed by atoms with E-state index in [1.165, 1.54) is 0 Å². The van der Waals surface area contributed by atoms with Crippen LogP contribution in [0.4, 0.5) is 0 Å². The van der Waals surface area contributed by atoms with Gasteiger partial charge in [0.05, 0.1) is 19.1 Å². The molecule has 82 valence electrons. The zero-order valence-corrected chi connectivity index (χ0v) is 9.08. The molecule has 0 aromatic heterocycles. The van der Waals surface area contributed by atoms with E-state index in [0.717, 1.165) is 19.6 Å². The summed E-state index contributed by atoms with van der Waals surface area (Å²) in [5.74, 6) is 0.215. The van der Waals surface area contributed by atoms with E-state index in [1.54, 1.807) is 0 Å². The van der Waals surface area contributed by atoms with Gasteiger partial charge in [-0.2, -0.15) is 0 Å². The fourth-order valence-electron chi connectivity index (χ4n) is 1.58. The lowest BCUT2D eigenvalue weighted by molar-refractivity contribution is -0.135. The summed E-state index contributed by atoms with van der Waals surface area (Å²) >= 11 is 0. The van der Waals surface area contributed by atoms with Crippen LogP contribution in [-0.4, -0.2) is 49.7 Å². The van der Waals surface area contributed by atoms with Crippen LogP contribution in [0, 0.1) is 0 Å². The Morgan fingerprint density at radius 3 is 2.64 bits per heavy atom. The lowest BCUT2D eigenvalue weighted by Crippen LogP contribution is -2.58. The smallest absolute Gasteiger partial charge is 0.225 e. The number of carbonyl (C=O) groups excluding carboxylic acids is 1. The zero-order chi connectivity index (χ0) is 10.4. The Balaban J connectivity index is 2.24. The molecule has 0 radical (unpaired) electrons. The van der Waals surface area contributed by atoms with Crippen molar-refractivity contribution in [2.75, 3.05) is 32.8 Å². The molecule has 0 atom stereocenters. The summed E-state index contributed by atoms with van der Waals surface area (Å²) < 4.78 is 5.17. The van der Waals surface area contributed by atoms with Crippen molar-refractivity contribution in [1.82, 2.24) is 10.2 Å². The molecule has 4 nitrogen and oxygen atoms in total. The van der Waals surface area contributed by atoms with E-state index < -0.39 is 0 Å². The SMILES string of the molecule is CCOCCC(=O)N(CC)C1CNC1. The molecule has 1 heterocycles. The summed E-state index contributed by atoms with van der Waals surface area (Å²) in [4.78, 5) is 13.6. The summed E-state index contributed by atoms with van der Waals surface area (Å²) in [6.07, 6.45) is 0.512. The van der Waals surface area contributed by atoms with E-state index >= 15 is 0 Å². The van der Waals surface area contributed by atoms with Crippen LogP contribution in [0.3, 0.4) is 0 Å². The Morgan fingerprint density at radius 1 is 1.50 bits per heavy atom. The van der Waals surface area contributed by atoms with Gasteiger partial charge in [0.2, 0.25) is 5.91 Å². The highest BCUT2D eigenvalue weighted by molar-refractivity contribution is 5.76. The molecule has 1 aliphatic rings. The van der Waals surface area contributed by atoms with E-state index in [2.05, 4.69) is 5.32 Å². The van der Waals surface area contributed by atoms with Crippen molar-refractivity contribution in [3.8, 4) is 0 Å². The van der Waals surface area contributed by atoms with Crippen LogP contribution in [0.5, 0.6) is 0 Å². The van der Waals surface area contributed by atoms with Crippen molar-refractivity contribution in [2.24, 2.45) is 0 Å². The molecule has 1 fully saturated rings. The second kappa shape index (κ2) is 5.98. The molecule has 14 heavy (non-hydrogen) atoms. The molecule has 4 heteroatoms. The van der Waals surface area contributed by atoms with E-state index in [4.69, 9.17) is 4.74 Å². The van der Waals surface area contributed by atoms with Gasteiger partial charge in [0, 0.05) is 26.2 Å². The first-order chi connectivity index (χ1) is 6.79. The predicted molar refractivity (Wildman–Crippen MR) is 55.2 cm³/mol. The van der Waals surface area contributed by atoms with Crippen LogP contribution in [0.2, 0.25) is 0 Å². The number of hydrogen-bond acceptors (Lipinski definition) is 3. The van der Waals surface area contributed by atoms with E-state index in [9.17, 15) is 4.79 Å². The molecule has 1 amide bonds. The maximum atomic E-state index is 11.7. The van der Waals surface area contributed by atoms with Gasteiger partial charge in [0.1, 0.15) is 0 Å². The fourth-order valence-corrected chi connectivity index (χ4v) is 1.58. The molecule has 1 N–H and O–H groups in total. The lowest BCUT2D eigenvalue weighted by Gasteiger charge is -2.37. The average Bonchev–Trinajstić information content (AvgIpc) is 2.11. The van der Waals surface area contributed by atoms with Crippen molar-refractivity contribution in [1.29, 1.82) is 0 Å². The number of amides is 1. The summed E-state index contributed by atoms with van der Waals surface area (Å²) in [6, 6.07) is 0.411. The van der Waals surface area contributed by atoms with E-state index in [0.29, 0.717) is 25.7 Å². The molecule has 0 unspecified atom stereocenters. The normalized spacial score (nSPS) is 16.4. The first-order valence-corrected chi connectivity index (χ1v) is 5.37. The van der Waals surface area contributed by atoms with Gasteiger partial charge >= 0.3 is 0 Å². The number of likely N-dealkylation sites (N-methyl/N-ethyl adjacent to an activating group) is 1. The van der Waals surface area contributed by atoms with Gasteiger partial charge < -0.3 is 15.0 Å². The van der Waals surface area contributed by atoms with Crippen molar-refractivity contribution in [2.45, 2.75) is 26.3 Å². The first-order valence-electron chi connectivity index (χ1n) is 5.37. The van der Waals surface area contributed by atoms with Gasteiger partial charge in [-0.05, 0) is 13.8 Å². The molecular weight excluding hydrogens is 180 g/mol. The van der Waals surface area contributed by atoms with E-state index in [1.807, 2.05) is 18.7 Å². The van der Waals surface area contributed by atoms with Crippen LogP contribution < -0.4 is 5.32 Å². The topological polar surface area (TPSA) is 41.6 Å². The number of nitrogens with zero attached hydrogens (tertiary/aromatic N) is 1. The molecule has 0 aromatic rings. The summed E-state index contributed by atoms with van der Waals surface area (Å²) in [5.41, 5.74) is 0. The summed E-state index contributed by atoms with van der Waals surface area (Å²) in [7, 11) is 0. The Hall–Kier alpha value is -0.610. The Kier molecular flexibility index (Phi) is 4.90. The summed E-state index contributed by atoms with van der Waals surface area (Å²) in [5, 5.41) is 3.17. The zero-order valence-electron chi connectivity index (χ0n) is 9.08. The van der Waals surface area contributed by atoms with Gasteiger partial charge in [-0.25, -0.2) is 0 Å². The number of hydrogen-bond donors (Lipinski definition) is 1. The fraction of sp³-hybridized carbons (Fsp3) is 0.900. The number of rotatable bonds is 6. The first kappa shape index (κ1) is 11.5. The van der Waals surface area contributed by atoms with E-state index in [-0.39, 0.29) is 5.91 Å². The minimum Gasteiger partial charge on any atom is -0.381 e. The molecular formula is C10H20N2O2. The molecule has 0 aliphatic carbocycles. The average molecular weight is 200 g/mol. The Labute approximate surface area is 85.6 Å². The van der Waals surface area contributed by atoms with Crippen molar-refractivity contribution >= 4 is 5.91 Å². The highest BCUT2D eigenvalue weighted by atomic mass is 16.5. The minimum absolute atomic E-state index is 0.215. The molecule has 0 saturated carbocycles. The third-order valence-corrected chi connectivity index (χ3v) is 2.53. The molecule has 1 saturated heterocycles. The van der Waals surface area contributed by atoms with Gasteiger partial charge in [-0.15, -0.1) is 0 Å². The van der Waals surface area contributed by atoms with Crippen molar-refractivity contribution in [3.63, 3.8) is 0 Å². The van der Waals surface area contributed by atoms with Crippen LogP contribution in [0.15, 0.2) is 0 Å². The Morgan fingerprint density at radius 2 is 2.21 bits per heavy atom. The second-order valence-electron chi connectivity index (χ2n) is 3.44. The van der Waals surface area contributed by atoms with Crippen molar-refractivity contribution < 1.29 is 9.53 Å². The van der Waals surface area contributed by atoms with Crippen LogP contribution in [0.25, 0.3) is 0 Å². The quantitative estimate of drug-likeness (QED) is 0.624. The van der Waals surface area contributed by atoms with Gasteiger partial charge in [0.25, 0.3) is 0 Å². The van der Waals surface area contributed by atoms with Gasteiger partial charge in [-0.1, -0.05) is 0 Å². The largest absolute Gasteiger partial charge is 0.381 e. The lowest BCUT2D eigenvalue weighted by atomic mass is 10.1. The molecule has 0 aromatic carbocycles. The standard InChI is InChI=1S/C10H20N2O2/c1-3-12(9-7-11-8-9)10(13)5-6-14-4-2/h9,11H,3-8H2,1-2H3. The van der Waals surface area contributed by atoms with Gasteiger partial charge in [-0.3, -0.25) is 4.79 Å². The number of nitrogens with one attached hydrogen (secondary N) is 1. The Bertz CT molecular complexity index is 181. The highest BCUT2D eigenvalue weighted by Crippen LogP contribution is 2.06. The minimum atomic E-state index is 0.215. The maximum Gasteiger partial charge on any atom is 0.225 e. The maximum absolute atomic E-state index is 11.7. The second-order valence-corrected chi connectivity index (χ2v) is 3.44. The third kappa shape index (κ3) is 2.96. The third-order valence-electron chi connectivity index (χ3n) is 2.53. The highest BCUT2D eigenvalue weighted by Gasteiger charge is 2.26. The summed E-state index contributed by atoms with van der Waals surface area (Å²) in [6.45, 7) is 7.88.